The normalized spacial score (nSPS) is 12.3. The van der Waals surface area contributed by atoms with Gasteiger partial charge in [0.15, 0.2) is 5.96 Å². The van der Waals surface area contributed by atoms with Crippen molar-refractivity contribution in [1.82, 2.24) is 10.6 Å². The van der Waals surface area contributed by atoms with Crippen LogP contribution >= 0.6 is 0 Å². The van der Waals surface area contributed by atoms with Gasteiger partial charge in [0.2, 0.25) is 0 Å². The SMILES string of the molecule is CCCOCc1ccccc1CN=C(NCC)NCC(C)(C)OC. The molecule has 1 rings (SSSR count). The minimum atomic E-state index is -0.234. The highest BCUT2D eigenvalue weighted by Crippen LogP contribution is 2.12. The second-order valence-electron chi connectivity index (χ2n) is 6.33. The van der Waals surface area contributed by atoms with Crippen molar-refractivity contribution in [2.45, 2.75) is 52.9 Å². The van der Waals surface area contributed by atoms with Crippen LogP contribution < -0.4 is 10.6 Å². The quantitative estimate of drug-likeness (QED) is 0.392. The molecule has 136 valence electrons. The van der Waals surface area contributed by atoms with E-state index in [0.717, 1.165) is 25.5 Å². The lowest BCUT2D eigenvalue weighted by atomic mass is 10.1. The minimum Gasteiger partial charge on any atom is -0.377 e. The number of methoxy groups -OCH3 is 1. The van der Waals surface area contributed by atoms with E-state index in [1.807, 2.05) is 26.0 Å². The van der Waals surface area contributed by atoms with Crippen LogP contribution in [-0.2, 0) is 22.6 Å². The summed E-state index contributed by atoms with van der Waals surface area (Å²) in [4.78, 5) is 4.69. The van der Waals surface area contributed by atoms with Crippen molar-refractivity contribution in [1.29, 1.82) is 0 Å². The third-order valence-electron chi connectivity index (χ3n) is 3.71. The Morgan fingerprint density at radius 2 is 1.83 bits per heavy atom. The molecule has 0 fully saturated rings. The molecule has 5 heteroatoms. The first-order valence-corrected chi connectivity index (χ1v) is 8.74. The van der Waals surface area contributed by atoms with Gasteiger partial charge in [0.05, 0.1) is 18.8 Å². The summed E-state index contributed by atoms with van der Waals surface area (Å²) in [6, 6.07) is 8.30. The van der Waals surface area contributed by atoms with Gasteiger partial charge in [0.25, 0.3) is 0 Å². The Balaban J connectivity index is 2.71. The highest BCUT2D eigenvalue weighted by Gasteiger charge is 2.16. The molecule has 5 nitrogen and oxygen atoms in total. The molecule has 24 heavy (non-hydrogen) atoms. The van der Waals surface area contributed by atoms with E-state index >= 15 is 0 Å². The van der Waals surface area contributed by atoms with Crippen LogP contribution in [0.1, 0.15) is 45.2 Å². The highest BCUT2D eigenvalue weighted by atomic mass is 16.5. The van der Waals surface area contributed by atoms with Gasteiger partial charge in [-0.25, -0.2) is 4.99 Å². The van der Waals surface area contributed by atoms with Crippen LogP contribution in [0.4, 0.5) is 0 Å². The fourth-order valence-corrected chi connectivity index (χ4v) is 2.05. The lowest BCUT2D eigenvalue weighted by Crippen LogP contribution is -2.45. The molecule has 0 aliphatic heterocycles. The maximum Gasteiger partial charge on any atom is 0.191 e. The third kappa shape index (κ3) is 7.79. The maximum absolute atomic E-state index is 5.67. The molecule has 0 spiro atoms. The molecule has 0 aromatic heterocycles. The average molecular weight is 335 g/mol. The van der Waals surface area contributed by atoms with Crippen molar-refractivity contribution in [3.8, 4) is 0 Å². The van der Waals surface area contributed by atoms with Crippen LogP contribution in [0, 0.1) is 0 Å². The first kappa shape index (κ1) is 20.5. The number of rotatable bonds is 10. The van der Waals surface area contributed by atoms with Crippen LogP contribution in [0.15, 0.2) is 29.3 Å². The number of benzene rings is 1. The molecule has 0 aliphatic carbocycles. The summed E-state index contributed by atoms with van der Waals surface area (Å²) in [6.45, 7) is 11.8. The summed E-state index contributed by atoms with van der Waals surface area (Å²) in [5.41, 5.74) is 2.15. The van der Waals surface area contributed by atoms with Gasteiger partial charge in [0.1, 0.15) is 0 Å². The summed E-state index contributed by atoms with van der Waals surface area (Å²) in [5, 5.41) is 6.61. The van der Waals surface area contributed by atoms with Gasteiger partial charge in [-0.15, -0.1) is 0 Å². The topological polar surface area (TPSA) is 54.9 Å². The molecule has 0 atom stereocenters. The molecule has 0 amide bonds. The van der Waals surface area contributed by atoms with E-state index in [1.165, 1.54) is 11.1 Å². The molecule has 2 N–H and O–H groups in total. The van der Waals surface area contributed by atoms with E-state index in [1.54, 1.807) is 7.11 Å². The molecule has 0 unspecified atom stereocenters. The van der Waals surface area contributed by atoms with Gasteiger partial charge in [0, 0.05) is 26.8 Å². The van der Waals surface area contributed by atoms with Crippen molar-refractivity contribution in [2.75, 3.05) is 26.8 Å². The van der Waals surface area contributed by atoms with E-state index in [9.17, 15) is 0 Å². The largest absolute Gasteiger partial charge is 0.377 e. The molecule has 0 bridgehead atoms. The molecule has 0 heterocycles. The first-order chi connectivity index (χ1) is 11.5. The van der Waals surface area contributed by atoms with E-state index in [-0.39, 0.29) is 5.60 Å². The Bertz CT molecular complexity index is 501. The number of nitrogens with one attached hydrogen (secondary N) is 2. The minimum absolute atomic E-state index is 0.234. The van der Waals surface area contributed by atoms with E-state index in [4.69, 9.17) is 14.5 Å². The lowest BCUT2D eigenvalue weighted by molar-refractivity contribution is 0.0268. The fourth-order valence-electron chi connectivity index (χ4n) is 2.05. The molecular weight excluding hydrogens is 302 g/mol. The predicted molar refractivity (Wildman–Crippen MR) is 100 cm³/mol. The second kappa shape index (κ2) is 11.0. The van der Waals surface area contributed by atoms with Gasteiger partial charge in [-0.3, -0.25) is 0 Å². The first-order valence-electron chi connectivity index (χ1n) is 8.74. The zero-order valence-electron chi connectivity index (χ0n) is 15.8. The van der Waals surface area contributed by atoms with Crippen molar-refractivity contribution in [2.24, 2.45) is 4.99 Å². The van der Waals surface area contributed by atoms with Crippen LogP contribution in [0.3, 0.4) is 0 Å². The molecule has 0 saturated heterocycles. The van der Waals surface area contributed by atoms with Crippen molar-refractivity contribution in [3.63, 3.8) is 0 Å². The number of hydrogen-bond donors (Lipinski definition) is 2. The Labute approximate surface area is 146 Å². The average Bonchev–Trinajstić information content (AvgIpc) is 2.58. The number of aliphatic imine (C=N–C) groups is 1. The lowest BCUT2D eigenvalue weighted by Gasteiger charge is -2.24. The maximum atomic E-state index is 5.67. The number of ether oxygens (including phenoxy) is 2. The van der Waals surface area contributed by atoms with E-state index in [2.05, 4.69) is 36.6 Å². The second-order valence-corrected chi connectivity index (χ2v) is 6.33. The number of guanidine groups is 1. The number of hydrogen-bond acceptors (Lipinski definition) is 3. The standard InChI is InChI=1S/C19H33N3O2/c1-6-12-24-14-17-11-9-8-10-16(17)13-21-18(20-7-2)22-15-19(3,4)23-5/h8-11H,6-7,12-15H2,1-5H3,(H2,20,21,22). The van der Waals surface area contributed by atoms with Crippen LogP contribution in [-0.4, -0.2) is 38.4 Å². The highest BCUT2D eigenvalue weighted by molar-refractivity contribution is 5.79. The molecule has 0 aliphatic rings. The predicted octanol–water partition coefficient (Wildman–Crippen LogP) is 3.09. The molecular formula is C19H33N3O2. The summed E-state index contributed by atoms with van der Waals surface area (Å²) >= 11 is 0. The Hall–Kier alpha value is -1.59. The van der Waals surface area contributed by atoms with E-state index in [0.29, 0.717) is 19.7 Å². The Kier molecular flexibility index (Phi) is 9.42. The van der Waals surface area contributed by atoms with E-state index < -0.39 is 0 Å². The third-order valence-corrected chi connectivity index (χ3v) is 3.71. The molecule has 0 radical (unpaired) electrons. The summed E-state index contributed by atoms with van der Waals surface area (Å²) < 4.78 is 11.1. The van der Waals surface area contributed by atoms with Gasteiger partial charge in [-0.2, -0.15) is 0 Å². The summed E-state index contributed by atoms with van der Waals surface area (Å²) in [5.74, 6) is 0.798. The number of nitrogens with zero attached hydrogens (tertiary/aromatic N) is 1. The Morgan fingerprint density at radius 3 is 2.46 bits per heavy atom. The van der Waals surface area contributed by atoms with Gasteiger partial charge < -0.3 is 20.1 Å². The molecule has 1 aromatic rings. The van der Waals surface area contributed by atoms with Gasteiger partial charge >= 0.3 is 0 Å². The summed E-state index contributed by atoms with van der Waals surface area (Å²) in [7, 11) is 1.72. The molecule has 1 aromatic carbocycles. The van der Waals surface area contributed by atoms with Crippen LogP contribution in [0.5, 0.6) is 0 Å². The Morgan fingerprint density at radius 1 is 1.12 bits per heavy atom. The monoisotopic (exact) mass is 335 g/mol. The van der Waals surface area contributed by atoms with Crippen LogP contribution in [0.25, 0.3) is 0 Å². The van der Waals surface area contributed by atoms with Crippen molar-refractivity contribution in [3.05, 3.63) is 35.4 Å². The summed E-state index contributed by atoms with van der Waals surface area (Å²) in [6.07, 6.45) is 1.03. The van der Waals surface area contributed by atoms with Gasteiger partial charge in [-0.05, 0) is 38.3 Å². The zero-order chi connectivity index (χ0) is 17.8. The smallest absolute Gasteiger partial charge is 0.191 e. The molecule has 0 saturated carbocycles. The zero-order valence-corrected chi connectivity index (χ0v) is 15.8. The van der Waals surface area contributed by atoms with Gasteiger partial charge in [-0.1, -0.05) is 31.2 Å². The van der Waals surface area contributed by atoms with Crippen molar-refractivity contribution < 1.29 is 9.47 Å². The van der Waals surface area contributed by atoms with Crippen LogP contribution in [0.2, 0.25) is 0 Å². The van der Waals surface area contributed by atoms with Crippen molar-refractivity contribution >= 4 is 5.96 Å². The fraction of sp³-hybridized carbons (Fsp3) is 0.632.